The van der Waals surface area contributed by atoms with Crippen LogP contribution in [0.25, 0.3) is 0 Å². The number of aliphatic hydroxyl groups is 1. The van der Waals surface area contributed by atoms with E-state index in [9.17, 15) is 0 Å². The topological polar surface area (TPSA) is 38.7 Å². The molecule has 2 heterocycles. The van der Waals surface area contributed by atoms with Gasteiger partial charge in [0.15, 0.2) is 6.29 Å². The third-order valence-corrected chi connectivity index (χ3v) is 1.64. The van der Waals surface area contributed by atoms with Gasteiger partial charge in [-0.25, -0.2) is 0 Å². The van der Waals surface area contributed by atoms with Crippen LogP contribution in [-0.2, 0) is 9.47 Å². The molecule has 2 aliphatic rings. The summed E-state index contributed by atoms with van der Waals surface area (Å²) in [5.41, 5.74) is 0. The zero-order valence-electron chi connectivity index (χ0n) is 4.41. The number of ether oxygens (including phenoxy) is 2. The van der Waals surface area contributed by atoms with Gasteiger partial charge in [0.1, 0.15) is 6.10 Å². The second kappa shape index (κ2) is 1.43. The molecule has 0 amide bonds. The van der Waals surface area contributed by atoms with Gasteiger partial charge in [0, 0.05) is 6.42 Å². The Morgan fingerprint density at radius 2 is 2.38 bits per heavy atom. The average Bonchev–Trinajstić information content (AvgIpc) is 2.23. The Balaban J connectivity index is 2.11. The third-order valence-electron chi connectivity index (χ3n) is 1.64. The van der Waals surface area contributed by atoms with Crippen molar-refractivity contribution < 1.29 is 14.6 Å². The summed E-state index contributed by atoms with van der Waals surface area (Å²) in [6, 6.07) is 0. The molecule has 2 aliphatic heterocycles. The van der Waals surface area contributed by atoms with Crippen molar-refractivity contribution in [3.8, 4) is 0 Å². The van der Waals surface area contributed by atoms with Crippen LogP contribution in [0.5, 0.6) is 0 Å². The van der Waals surface area contributed by atoms with Gasteiger partial charge in [-0.15, -0.1) is 0 Å². The van der Waals surface area contributed by atoms with E-state index in [1.165, 1.54) is 0 Å². The van der Waals surface area contributed by atoms with E-state index in [0.29, 0.717) is 13.0 Å². The normalized spacial score (nSPS) is 52.9. The predicted molar refractivity (Wildman–Crippen MR) is 25.2 cm³/mol. The maximum absolute atomic E-state index is 9.01. The second-order valence-electron chi connectivity index (χ2n) is 2.24. The van der Waals surface area contributed by atoms with Crippen LogP contribution in [0.2, 0.25) is 0 Å². The number of hydrogen-bond donors (Lipinski definition) is 1. The van der Waals surface area contributed by atoms with Crippen molar-refractivity contribution in [2.75, 3.05) is 6.61 Å². The quantitative estimate of drug-likeness (QED) is 0.463. The van der Waals surface area contributed by atoms with E-state index in [-0.39, 0.29) is 18.5 Å². The highest BCUT2D eigenvalue weighted by molar-refractivity contribution is 4.82. The maximum Gasteiger partial charge on any atom is 0.160 e. The van der Waals surface area contributed by atoms with E-state index in [1.807, 2.05) is 0 Å². The van der Waals surface area contributed by atoms with E-state index < -0.39 is 0 Å². The van der Waals surface area contributed by atoms with E-state index >= 15 is 0 Å². The minimum atomic E-state index is -0.270. The number of rotatable bonds is 0. The molecule has 2 bridgehead atoms. The number of aliphatic hydroxyl groups excluding tert-OH is 1. The molecule has 0 saturated carbocycles. The smallest absolute Gasteiger partial charge is 0.160 e. The first-order chi connectivity index (χ1) is 3.86. The fourth-order valence-corrected chi connectivity index (χ4v) is 1.15. The highest BCUT2D eigenvalue weighted by Crippen LogP contribution is 2.27. The van der Waals surface area contributed by atoms with Crippen LogP contribution in [0.1, 0.15) is 6.42 Å². The first-order valence-electron chi connectivity index (χ1n) is 2.81. The maximum atomic E-state index is 9.01. The SMILES string of the molecule is O[C@@H]1C[C@@H]2OC[C@H]1O2. The minimum absolute atomic E-state index is 0.0278. The lowest BCUT2D eigenvalue weighted by Gasteiger charge is -2.10. The van der Waals surface area contributed by atoms with Crippen LogP contribution in [0.15, 0.2) is 0 Å². The Kier molecular flexibility index (Phi) is 0.848. The summed E-state index contributed by atoms with van der Waals surface area (Å²) in [5, 5.41) is 9.01. The largest absolute Gasteiger partial charge is 0.390 e. The number of hydrogen-bond acceptors (Lipinski definition) is 3. The van der Waals surface area contributed by atoms with Gasteiger partial charge >= 0.3 is 0 Å². The molecule has 3 heteroatoms. The Morgan fingerprint density at radius 1 is 1.50 bits per heavy atom. The number of fused-ring (bicyclic) bond motifs is 2. The van der Waals surface area contributed by atoms with Crippen molar-refractivity contribution in [3.63, 3.8) is 0 Å². The van der Waals surface area contributed by atoms with Crippen molar-refractivity contribution >= 4 is 0 Å². The lowest BCUT2D eigenvalue weighted by molar-refractivity contribution is -0.0292. The molecule has 2 rings (SSSR count). The van der Waals surface area contributed by atoms with Gasteiger partial charge in [0.2, 0.25) is 0 Å². The van der Waals surface area contributed by atoms with E-state index in [2.05, 4.69) is 0 Å². The molecule has 1 N–H and O–H groups in total. The van der Waals surface area contributed by atoms with Crippen LogP contribution < -0.4 is 0 Å². The highest BCUT2D eigenvalue weighted by atomic mass is 16.7. The first-order valence-corrected chi connectivity index (χ1v) is 2.81. The monoisotopic (exact) mass is 116 g/mol. The third kappa shape index (κ3) is 0.491. The van der Waals surface area contributed by atoms with Gasteiger partial charge in [0.25, 0.3) is 0 Å². The summed E-state index contributed by atoms with van der Waals surface area (Å²) < 4.78 is 10.2. The summed E-state index contributed by atoms with van der Waals surface area (Å²) >= 11 is 0. The predicted octanol–water partition coefficient (Wildman–Crippen LogP) is -0.508. The standard InChI is InChI=1S/C5H8O3/c6-3-1-5-7-2-4(3)8-5/h3-6H,1-2H2/t3-,4-,5-/m1/s1. The highest BCUT2D eigenvalue weighted by Gasteiger charge is 2.40. The van der Waals surface area contributed by atoms with Crippen molar-refractivity contribution in [1.29, 1.82) is 0 Å². The van der Waals surface area contributed by atoms with E-state index in [0.717, 1.165) is 0 Å². The van der Waals surface area contributed by atoms with E-state index in [1.54, 1.807) is 0 Å². The molecule has 0 unspecified atom stereocenters. The molecule has 0 spiro atoms. The lowest BCUT2D eigenvalue weighted by Crippen LogP contribution is -2.26. The molecule has 0 radical (unpaired) electrons. The molecule has 0 aliphatic carbocycles. The first kappa shape index (κ1) is 4.73. The summed E-state index contributed by atoms with van der Waals surface area (Å²) in [5.74, 6) is 0. The Hall–Kier alpha value is -0.120. The summed E-state index contributed by atoms with van der Waals surface area (Å²) in [7, 11) is 0. The summed E-state index contributed by atoms with van der Waals surface area (Å²) in [6.07, 6.45) is 0.258. The van der Waals surface area contributed by atoms with Gasteiger partial charge < -0.3 is 14.6 Å². The molecule has 0 aromatic carbocycles. The van der Waals surface area contributed by atoms with Gasteiger partial charge in [-0.2, -0.15) is 0 Å². The van der Waals surface area contributed by atoms with Crippen molar-refractivity contribution in [3.05, 3.63) is 0 Å². The van der Waals surface area contributed by atoms with Crippen molar-refractivity contribution in [2.24, 2.45) is 0 Å². The van der Waals surface area contributed by atoms with Crippen LogP contribution in [0, 0.1) is 0 Å². The Labute approximate surface area is 47.2 Å². The summed E-state index contributed by atoms with van der Waals surface area (Å²) in [6.45, 7) is 0.575. The zero-order valence-corrected chi connectivity index (χ0v) is 4.41. The van der Waals surface area contributed by atoms with Crippen LogP contribution >= 0.6 is 0 Å². The molecule has 3 nitrogen and oxygen atoms in total. The molecule has 0 aromatic heterocycles. The van der Waals surface area contributed by atoms with Crippen LogP contribution in [0.3, 0.4) is 0 Å². The van der Waals surface area contributed by atoms with Gasteiger partial charge in [-0.3, -0.25) is 0 Å². The molecular formula is C5H8O3. The van der Waals surface area contributed by atoms with Crippen molar-refractivity contribution in [2.45, 2.75) is 24.9 Å². The fraction of sp³-hybridized carbons (Fsp3) is 1.00. The van der Waals surface area contributed by atoms with Gasteiger partial charge in [-0.1, -0.05) is 0 Å². The molecule has 0 aromatic rings. The van der Waals surface area contributed by atoms with Crippen LogP contribution in [-0.4, -0.2) is 30.2 Å². The van der Waals surface area contributed by atoms with Crippen LogP contribution in [0.4, 0.5) is 0 Å². The average molecular weight is 116 g/mol. The fourth-order valence-electron chi connectivity index (χ4n) is 1.15. The Bertz CT molecular complexity index is 102. The minimum Gasteiger partial charge on any atom is -0.390 e. The van der Waals surface area contributed by atoms with E-state index in [4.69, 9.17) is 14.6 Å². The zero-order chi connectivity index (χ0) is 5.56. The molecule has 2 fully saturated rings. The molecule has 2 saturated heterocycles. The molecule has 3 atom stereocenters. The Morgan fingerprint density at radius 3 is 2.62 bits per heavy atom. The van der Waals surface area contributed by atoms with Gasteiger partial charge in [0.05, 0.1) is 12.7 Å². The van der Waals surface area contributed by atoms with Crippen molar-refractivity contribution in [1.82, 2.24) is 0 Å². The second-order valence-corrected chi connectivity index (χ2v) is 2.24. The molecule has 8 heavy (non-hydrogen) atoms. The summed E-state index contributed by atoms with van der Waals surface area (Å²) in [4.78, 5) is 0. The van der Waals surface area contributed by atoms with Gasteiger partial charge in [-0.05, 0) is 0 Å². The molecular weight excluding hydrogens is 108 g/mol. The molecule has 46 valence electrons. The lowest BCUT2D eigenvalue weighted by atomic mass is 10.2.